The standard InChI is InChI=1S/C18H40O3Si/c1-10-19-13-11-14-20-22(18(7,8)9,21-16(2)3)15-12-17(4,5)6/h16H,10-15H2,1-9H3. The molecule has 0 aliphatic carbocycles. The van der Waals surface area contributed by atoms with Crippen LogP contribution in [-0.2, 0) is 13.6 Å². The van der Waals surface area contributed by atoms with Crippen molar-refractivity contribution >= 4 is 8.56 Å². The summed E-state index contributed by atoms with van der Waals surface area (Å²) in [7, 11) is -2.29. The van der Waals surface area contributed by atoms with E-state index in [0.717, 1.165) is 38.7 Å². The normalized spacial score (nSPS) is 16.1. The summed E-state index contributed by atoms with van der Waals surface area (Å²) in [6.07, 6.45) is 2.28. The number of hydrogen-bond donors (Lipinski definition) is 0. The lowest BCUT2D eigenvalue weighted by Crippen LogP contribution is -2.52. The maximum atomic E-state index is 6.48. The first-order valence-corrected chi connectivity index (χ1v) is 10.9. The maximum Gasteiger partial charge on any atom is 0.343 e. The zero-order chi connectivity index (χ0) is 17.4. The van der Waals surface area contributed by atoms with Crippen molar-refractivity contribution in [2.45, 2.75) is 92.3 Å². The number of ether oxygens (including phenoxy) is 1. The molecule has 0 aliphatic rings. The zero-order valence-corrected chi connectivity index (χ0v) is 17.5. The Kier molecular flexibility index (Phi) is 9.45. The molecule has 0 saturated carbocycles. The molecule has 0 aliphatic heterocycles. The lowest BCUT2D eigenvalue weighted by Gasteiger charge is -2.43. The Hall–Kier alpha value is 0.0969. The van der Waals surface area contributed by atoms with Gasteiger partial charge in [0.25, 0.3) is 0 Å². The van der Waals surface area contributed by atoms with Crippen molar-refractivity contribution in [2.24, 2.45) is 5.41 Å². The summed E-state index contributed by atoms with van der Waals surface area (Å²) >= 11 is 0. The molecule has 0 aromatic heterocycles. The highest BCUT2D eigenvalue weighted by Crippen LogP contribution is 2.44. The van der Waals surface area contributed by atoms with Gasteiger partial charge in [-0.2, -0.15) is 0 Å². The van der Waals surface area contributed by atoms with Crippen LogP contribution in [0.15, 0.2) is 0 Å². The van der Waals surface area contributed by atoms with Crippen molar-refractivity contribution in [2.75, 3.05) is 19.8 Å². The molecule has 0 heterocycles. The van der Waals surface area contributed by atoms with Gasteiger partial charge < -0.3 is 13.6 Å². The fraction of sp³-hybridized carbons (Fsp3) is 1.00. The van der Waals surface area contributed by atoms with Gasteiger partial charge in [0.1, 0.15) is 0 Å². The topological polar surface area (TPSA) is 27.7 Å². The Morgan fingerprint density at radius 1 is 0.955 bits per heavy atom. The van der Waals surface area contributed by atoms with Gasteiger partial charge in [-0.1, -0.05) is 41.5 Å². The Labute approximate surface area is 140 Å². The monoisotopic (exact) mass is 332 g/mol. The molecule has 0 N–H and O–H groups in total. The van der Waals surface area contributed by atoms with Gasteiger partial charge >= 0.3 is 8.56 Å². The summed E-state index contributed by atoms with van der Waals surface area (Å²) in [5.41, 5.74) is 0.304. The van der Waals surface area contributed by atoms with Crippen molar-refractivity contribution in [1.29, 1.82) is 0 Å². The Morgan fingerprint density at radius 2 is 1.55 bits per heavy atom. The minimum atomic E-state index is -2.29. The van der Waals surface area contributed by atoms with E-state index in [4.69, 9.17) is 13.6 Å². The average Bonchev–Trinajstić information content (AvgIpc) is 2.32. The molecule has 22 heavy (non-hydrogen) atoms. The molecule has 0 spiro atoms. The quantitative estimate of drug-likeness (QED) is 0.389. The molecular weight excluding hydrogens is 292 g/mol. The molecule has 0 radical (unpaired) electrons. The predicted octanol–water partition coefficient (Wildman–Crippen LogP) is 5.53. The van der Waals surface area contributed by atoms with Crippen LogP contribution in [0.25, 0.3) is 0 Å². The van der Waals surface area contributed by atoms with Crippen LogP contribution in [0.4, 0.5) is 0 Å². The summed E-state index contributed by atoms with van der Waals surface area (Å²) < 4.78 is 18.4. The predicted molar refractivity (Wildman–Crippen MR) is 97.6 cm³/mol. The number of hydrogen-bond acceptors (Lipinski definition) is 3. The molecule has 1 atom stereocenters. The maximum absolute atomic E-state index is 6.48. The van der Waals surface area contributed by atoms with E-state index in [9.17, 15) is 0 Å². The molecule has 0 aromatic rings. The van der Waals surface area contributed by atoms with Gasteiger partial charge in [0.2, 0.25) is 0 Å². The van der Waals surface area contributed by atoms with Gasteiger partial charge in [0, 0.05) is 31.0 Å². The Morgan fingerprint density at radius 3 is 1.95 bits per heavy atom. The van der Waals surface area contributed by atoms with Crippen molar-refractivity contribution in [3.05, 3.63) is 0 Å². The highest BCUT2D eigenvalue weighted by Gasteiger charge is 2.50. The van der Waals surface area contributed by atoms with E-state index >= 15 is 0 Å². The van der Waals surface area contributed by atoms with Crippen molar-refractivity contribution < 1.29 is 13.6 Å². The molecule has 4 heteroatoms. The lowest BCUT2D eigenvalue weighted by atomic mass is 9.94. The largest absolute Gasteiger partial charge is 0.394 e. The molecule has 0 amide bonds. The summed E-state index contributed by atoms with van der Waals surface area (Å²) in [5.74, 6) is 0. The van der Waals surface area contributed by atoms with E-state index in [0.29, 0.717) is 5.41 Å². The van der Waals surface area contributed by atoms with Crippen LogP contribution in [0, 0.1) is 5.41 Å². The van der Waals surface area contributed by atoms with Crippen LogP contribution in [0.5, 0.6) is 0 Å². The summed E-state index contributed by atoms with van der Waals surface area (Å²) in [6.45, 7) is 22.2. The van der Waals surface area contributed by atoms with Gasteiger partial charge in [-0.15, -0.1) is 0 Å². The smallest absolute Gasteiger partial charge is 0.343 e. The van der Waals surface area contributed by atoms with E-state index in [1.54, 1.807) is 0 Å². The van der Waals surface area contributed by atoms with Crippen molar-refractivity contribution in [3.63, 3.8) is 0 Å². The first-order valence-electron chi connectivity index (χ1n) is 8.83. The fourth-order valence-corrected chi connectivity index (χ4v) is 6.58. The summed E-state index contributed by atoms with van der Waals surface area (Å²) in [4.78, 5) is 0. The van der Waals surface area contributed by atoms with E-state index in [2.05, 4.69) is 55.4 Å². The summed E-state index contributed by atoms with van der Waals surface area (Å²) in [5, 5.41) is 0.0636. The SMILES string of the molecule is CCOCCCO[Si](CCC(C)(C)C)(OC(C)C)C(C)(C)C. The molecule has 134 valence electrons. The third kappa shape index (κ3) is 8.66. The lowest BCUT2D eigenvalue weighted by molar-refractivity contribution is 0.0893. The zero-order valence-electron chi connectivity index (χ0n) is 16.5. The van der Waals surface area contributed by atoms with Gasteiger partial charge in [-0.25, -0.2) is 0 Å². The third-order valence-electron chi connectivity index (χ3n) is 3.75. The molecular formula is C18H40O3Si. The van der Waals surface area contributed by atoms with E-state index in [1.165, 1.54) is 0 Å². The molecule has 0 bridgehead atoms. The molecule has 0 aromatic carbocycles. The highest BCUT2D eigenvalue weighted by molar-refractivity contribution is 6.70. The minimum absolute atomic E-state index is 0.0636. The molecule has 0 rings (SSSR count). The first kappa shape index (κ1) is 22.1. The van der Waals surface area contributed by atoms with Gasteiger partial charge in [-0.3, -0.25) is 0 Å². The van der Waals surface area contributed by atoms with Crippen LogP contribution in [-0.4, -0.2) is 34.5 Å². The van der Waals surface area contributed by atoms with Crippen LogP contribution in [0.1, 0.15) is 75.2 Å². The first-order chi connectivity index (χ1) is 9.93. The third-order valence-corrected chi connectivity index (χ3v) is 8.46. The van der Waals surface area contributed by atoms with Gasteiger partial charge in [-0.05, 0) is 45.1 Å². The van der Waals surface area contributed by atoms with Gasteiger partial charge in [0.05, 0.1) is 0 Å². The van der Waals surface area contributed by atoms with Crippen LogP contribution in [0.3, 0.4) is 0 Å². The van der Waals surface area contributed by atoms with Crippen molar-refractivity contribution in [1.82, 2.24) is 0 Å². The van der Waals surface area contributed by atoms with Crippen LogP contribution in [0.2, 0.25) is 11.1 Å². The molecule has 0 saturated heterocycles. The minimum Gasteiger partial charge on any atom is -0.394 e. The second-order valence-corrected chi connectivity index (χ2v) is 12.7. The average molecular weight is 333 g/mol. The van der Waals surface area contributed by atoms with E-state index in [1.807, 2.05) is 6.92 Å². The van der Waals surface area contributed by atoms with E-state index < -0.39 is 8.56 Å². The summed E-state index contributed by atoms with van der Waals surface area (Å²) in [6, 6.07) is 1.05. The second-order valence-electron chi connectivity index (χ2n) is 8.63. The van der Waals surface area contributed by atoms with Crippen LogP contribution < -0.4 is 0 Å². The molecule has 1 unspecified atom stereocenters. The molecule has 0 fully saturated rings. The fourth-order valence-electron chi connectivity index (χ4n) is 2.40. The second kappa shape index (κ2) is 9.41. The number of rotatable bonds is 10. The van der Waals surface area contributed by atoms with Gasteiger partial charge in [0.15, 0.2) is 0 Å². The highest BCUT2D eigenvalue weighted by atomic mass is 28.4. The van der Waals surface area contributed by atoms with Crippen LogP contribution >= 0.6 is 0 Å². The van der Waals surface area contributed by atoms with Crippen molar-refractivity contribution in [3.8, 4) is 0 Å². The molecule has 3 nitrogen and oxygen atoms in total. The van der Waals surface area contributed by atoms with E-state index in [-0.39, 0.29) is 11.1 Å². The Balaban J connectivity index is 4.96. The Bertz CT molecular complexity index is 292.